The standard InChI is InChI=1S/C22H21FN6O/c23-17-12-25-11-10-18(17)29-22-19(21(24)26-13-27-22)20(28-29)14-6-8-16(9-7-14)30-15-4-2-1-3-5-15/h1-9,13,17-18,25H,10-12H2,(H2,24,26,27)/t17-,18-/m1/s1. The van der Waals surface area contributed by atoms with Crippen molar-refractivity contribution in [1.82, 2.24) is 25.1 Å². The molecule has 0 bridgehead atoms. The molecule has 1 aliphatic heterocycles. The summed E-state index contributed by atoms with van der Waals surface area (Å²) in [6, 6.07) is 16.7. The van der Waals surface area contributed by atoms with Crippen molar-refractivity contribution in [3.8, 4) is 22.8 Å². The van der Waals surface area contributed by atoms with Crippen LogP contribution in [0.25, 0.3) is 22.3 Å². The Kier molecular flexibility index (Phi) is 4.76. The second-order valence-corrected chi connectivity index (χ2v) is 7.27. The van der Waals surface area contributed by atoms with Gasteiger partial charge in [-0.1, -0.05) is 18.2 Å². The van der Waals surface area contributed by atoms with E-state index >= 15 is 0 Å². The number of fused-ring (bicyclic) bond motifs is 1. The second-order valence-electron chi connectivity index (χ2n) is 7.27. The molecule has 8 heteroatoms. The summed E-state index contributed by atoms with van der Waals surface area (Å²) in [6.07, 6.45) is 0.975. The lowest BCUT2D eigenvalue weighted by Crippen LogP contribution is -2.39. The number of halogens is 1. The average Bonchev–Trinajstić information content (AvgIpc) is 3.16. The number of nitrogens with two attached hydrogens (primary N) is 1. The van der Waals surface area contributed by atoms with Gasteiger partial charge in [0.05, 0.1) is 11.4 Å². The fourth-order valence-electron chi connectivity index (χ4n) is 3.82. The van der Waals surface area contributed by atoms with Crippen LogP contribution < -0.4 is 15.8 Å². The minimum atomic E-state index is -1.05. The maximum absolute atomic E-state index is 14.6. The first-order valence-electron chi connectivity index (χ1n) is 9.87. The molecule has 1 saturated heterocycles. The van der Waals surface area contributed by atoms with Gasteiger partial charge < -0.3 is 15.8 Å². The number of anilines is 1. The summed E-state index contributed by atoms with van der Waals surface area (Å²) in [6.45, 7) is 1.03. The Hall–Kier alpha value is -3.52. The number of nitrogens with zero attached hydrogens (tertiary/aromatic N) is 4. The van der Waals surface area contributed by atoms with E-state index in [-0.39, 0.29) is 0 Å². The number of nitrogen functional groups attached to an aromatic ring is 1. The zero-order valence-corrected chi connectivity index (χ0v) is 16.2. The molecule has 0 radical (unpaired) electrons. The van der Waals surface area contributed by atoms with Gasteiger partial charge in [-0.15, -0.1) is 0 Å². The van der Waals surface area contributed by atoms with Gasteiger partial charge in [-0.2, -0.15) is 5.10 Å². The average molecular weight is 404 g/mol. The van der Waals surface area contributed by atoms with Gasteiger partial charge >= 0.3 is 0 Å². The summed E-state index contributed by atoms with van der Waals surface area (Å²) < 4.78 is 22.2. The predicted octanol–water partition coefficient (Wildman–Crippen LogP) is 3.74. The lowest BCUT2D eigenvalue weighted by molar-refractivity contribution is 0.176. The van der Waals surface area contributed by atoms with E-state index in [1.807, 2.05) is 54.6 Å². The largest absolute Gasteiger partial charge is 0.457 e. The van der Waals surface area contributed by atoms with Crippen LogP contribution in [-0.2, 0) is 0 Å². The Labute approximate surface area is 172 Å². The number of rotatable bonds is 4. The first-order chi connectivity index (χ1) is 14.7. The maximum Gasteiger partial charge on any atom is 0.164 e. The summed E-state index contributed by atoms with van der Waals surface area (Å²) in [5.74, 6) is 1.80. The minimum absolute atomic E-state index is 0.299. The Morgan fingerprint density at radius 3 is 2.57 bits per heavy atom. The summed E-state index contributed by atoms with van der Waals surface area (Å²) >= 11 is 0. The van der Waals surface area contributed by atoms with Crippen molar-refractivity contribution in [2.45, 2.75) is 18.6 Å². The number of hydrogen-bond donors (Lipinski definition) is 2. The van der Waals surface area contributed by atoms with E-state index in [0.29, 0.717) is 41.3 Å². The number of piperidine rings is 1. The molecule has 5 rings (SSSR count). The topological polar surface area (TPSA) is 90.9 Å². The Bertz CT molecular complexity index is 1160. The van der Waals surface area contributed by atoms with Crippen LogP contribution in [0.3, 0.4) is 0 Å². The molecule has 0 aliphatic carbocycles. The van der Waals surface area contributed by atoms with Crippen molar-refractivity contribution in [2.24, 2.45) is 0 Å². The van der Waals surface area contributed by atoms with Crippen LogP contribution in [0, 0.1) is 0 Å². The van der Waals surface area contributed by atoms with Gasteiger partial charge in [0.1, 0.15) is 35.5 Å². The van der Waals surface area contributed by atoms with E-state index in [9.17, 15) is 4.39 Å². The predicted molar refractivity (Wildman–Crippen MR) is 113 cm³/mol. The summed E-state index contributed by atoms with van der Waals surface area (Å²) in [4.78, 5) is 8.50. The number of aromatic nitrogens is 4. The molecule has 1 fully saturated rings. The molecule has 152 valence electrons. The highest BCUT2D eigenvalue weighted by molar-refractivity contribution is 5.98. The second kappa shape index (κ2) is 7.72. The van der Waals surface area contributed by atoms with E-state index in [1.54, 1.807) is 4.68 Å². The molecular formula is C22H21FN6O. The molecule has 1 aliphatic rings. The van der Waals surface area contributed by atoms with Crippen LogP contribution in [0.2, 0.25) is 0 Å². The van der Waals surface area contributed by atoms with Crippen LogP contribution in [-0.4, -0.2) is 39.0 Å². The molecule has 2 aromatic carbocycles. The zero-order valence-electron chi connectivity index (χ0n) is 16.2. The first-order valence-corrected chi connectivity index (χ1v) is 9.87. The normalized spacial score (nSPS) is 19.1. The fraction of sp³-hybridized carbons (Fsp3) is 0.227. The number of para-hydroxylation sites is 1. The van der Waals surface area contributed by atoms with Crippen LogP contribution in [0.1, 0.15) is 12.5 Å². The summed E-state index contributed by atoms with van der Waals surface area (Å²) in [7, 11) is 0. The Morgan fingerprint density at radius 2 is 1.80 bits per heavy atom. The van der Waals surface area contributed by atoms with E-state index in [0.717, 1.165) is 17.9 Å². The minimum Gasteiger partial charge on any atom is -0.457 e. The van der Waals surface area contributed by atoms with E-state index < -0.39 is 12.2 Å². The van der Waals surface area contributed by atoms with Gasteiger partial charge in [0.25, 0.3) is 0 Å². The molecular weight excluding hydrogens is 383 g/mol. The molecule has 2 aromatic heterocycles. The highest BCUT2D eigenvalue weighted by atomic mass is 19.1. The first kappa shape index (κ1) is 18.5. The van der Waals surface area contributed by atoms with Crippen molar-refractivity contribution in [3.63, 3.8) is 0 Å². The lowest BCUT2D eigenvalue weighted by atomic mass is 10.1. The van der Waals surface area contributed by atoms with Gasteiger partial charge in [0.2, 0.25) is 0 Å². The number of hydrogen-bond acceptors (Lipinski definition) is 6. The highest BCUT2D eigenvalue weighted by Crippen LogP contribution is 2.35. The molecule has 0 amide bonds. The molecule has 30 heavy (non-hydrogen) atoms. The molecule has 4 aromatic rings. The summed E-state index contributed by atoms with van der Waals surface area (Å²) in [5, 5.41) is 8.44. The van der Waals surface area contributed by atoms with Gasteiger partial charge in [0, 0.05) is 12.1 Å². The summed E-state index contributed by atoms with van der Waals surface area (Å²) in [5.41, 5.74) is 8.20. The van der Waals surface area contributed by atoms with Crippen LogP contribution >= 0.6 is 0 Å². The van der Waals surface area contributed by atoms with Crippen LogP contribution in [0.5, 0.6) is 11.5 Å². The quantitative estimate of drug-likeness (QED) is 0.538. The lowest BCUT2D eigenvalue weighted by Gasteiger charge is -2.27. The third kappa shape index (κ3) is 3.35. The number of benzene rings is 2. The molecule has 3 N–H and O–H groups in total. The monoisotopic (exact) mass is 404 g/mol. The van der Waals surface area contributed by atoms with Gasteiger partial charge in [-0.25, -0.2) is 19.0 Å². The molecule has 3 heterocycles. The smallest absolute Gasteiger partial charge is 0.164 e. The van der Waals surface area contributed by atoms with Gasteiger partial charge in [0.15, 0.2) is 5.65 Å². The highest BCUT2D eigenvalue weighted by Gasteiger charge is 2.30. The van der Waals surface area contributed by atoms with Crippen molar-refractivity contribution in [2.75, 3.05) is 18.8 Å². The Morgan fingerprint density at radius 1 is 1.03 bits per heavy atom. The van der Waals surface area contributed by atoms with Gasteiger partial charge in [-0.05, 0) is 49.4 Å². The van der Waals surface area contributed by atoms with E-state index in [2.05, 4.69) is 15.3 Å². The number of nitrogens with one attached hydrogen (secondary N) is 1. The van der Waals surface area contributed by atoms with Crippen molar-refractivity contribution >= 4 is 16.9 Å². The maximum atomic E-state index is 14.6. The molecule has 0 unspecified atom stereocenters. The van der Waals surface area contributed by atoms with E-state index in [4.69, 9.17) is 15.6 Å². The number of alkyl halides is 1. The Balaban J connectivity index is 1.54. The SMILES string of the molecule is Nc1ncnc2c1c(-c1ccc(Oc3ccccc3)cc1)nn2[C@@H]1CCNC[C@H]1F. The van der Waals surface area contributed by atoms with Gasteiger partial charge in [-0.3, -0.25) is 0 Å². The molecule has 0 spiro atoms. The van der Waals surface area contributed by atoms with E-state index in [1.165, 1.54) is 6.33 Å². The molecule has 2 atom stereocenters. The van der Waals surface area contributed by atoms with Crippen molar-refractivity contribution < 1.29 is 9.13 Å². The fourth-order valence-corrected chi connectivity index (χ4v) is 3.82. The molecule has 7 nitrogen and oxygen atoms in total. The van der Waals surface area contributed by atoms with Crippen molar-refractivity contribution in [1.29, 1.82) is 0 Å². The van der Waals surface area contributed by atoms with Crippen LogP contribution in [0.15, 0.2) is 60.9 Å². The number of ether oxygens (including phenoxy) is 1. The third-order valence-corrected chi connectivity index (χ3v) is 5.31. The third-order valence-electron chi connectivity index (χ3n) is 5.31. The van der Waals surface area contributed by atoms with Crippen LogP contribution in [0.4, 0.5) is 10.2 Å². The molecule has 0 saturated carbocycles. The zero-order chi connectivity index (χ0) is 20.5. The van der Waals surface area contributed by atoms with Crippen molar-refractivity contribution in [3.05, 3.63) is 60.9 Å².